The zero-order valence-electron chi connectivity index (χ0n) is 10.6. The van der Waals surface area contributed by atoms with Gasteiger partial charge in [0.25, 0.3) is 0 Å². The van der Waals surface area contributed by atoms with Crippen LogP contribution in [0.5, 0.6) is 0 Å². The highest BCUT2D eigenvalue weighted by Crippen LogP contribution is 2.33. The van der Waals surface area contributed by atoms with Crippen molar-refractivity contribution in [2.24, 2.45) is 11.3 Å². The molecule has 0 radical (unpaired) electrons. The van der Waals surface area contributed by atoms with Crippen molar-refractivity contribution in [1.29, 1.82) is 0 Å². The summed E-state index contributed by atoms with van der Waals surface area (Å²) in [5.41, 5.74) is 0.0393. The Morgan fingerprint density at radius 1 is 1.50 bits per heavy atom. The largest absolute Gasteiger partial charge is 0.518 e. The van der Waals surface area contributed by atoms with Crippen LogP contribution in [0.3, 0.4) is 0 Å². The number of rotatable bonds is 5. The molecule has 5 heteroatoms. The van der Waals surface area contributed by atoms with Crippen molar-refractivity contribution >= 4 is 10.5 Å². The number of hydrogen-bond donors (Lipinski definition) is 0. The summed E-state index contributed by atoms with van der Waals surface area (Å²) >= 11 is 0. The van der Waals surface area contributed by atoms with Crippen LogP contribution in [0.25, 0.3) is 0 Å². The van der Waals surface area contributed by atoms with Gasteiger partial charge in [0.2, 0.25) is 0 Å². The minimum Gasteiger partial charge on any atom is -0.424 e. The van der Waals surface area contributed by atoms with E-state index in [9.17, 15) is 4.79 Å². The number of hydrogen-bond acceptors (Lipinski definition) is 4. The van der Waals surface area contributed by atoms with Gasteiger partial charge in [-0.1, -0.05) is 27.7 Å². The lowest BCUT2D eigenvalue weighted by atomic mass is 9.75. The maximum atomic E-state index is 10.8. The van der Waals surface area contributed by atoms with Crippen LogP contribution in [0.2, 0.25) is 0 Å². The molecule has 0 N–H and O–H groups in total. The van der Waals surface area contributed by atoms with Gasteiger partial charge in [0.15, 0.2) is 0 Å². The molecule has 0 aliphatic carbocycles. The molecule has 92 valence electrons. The van der Waals surface area contributed by atoms with Gasteiger partial charge in [0.1, 0.15) is 22.5 Å². The fraction of sp³-hybridized carbons (Fsp3) is 0.727. The van der Waals surface area contributed by atoms with E-state index < -0.39 is 5.82 Å². The van der Waals surface area contributed by atoms with Crippen molar-refractivity contribution in [2.45, 2.75) is 40.2 Å². The molecule has 4 nitrogen and oxygen atoms in total. The molecule has 1 aromatic heterocycles. The molecule has 0 saturated carbocycles. The van der Waals surface area contributed by atoms with Crippen molar-refractivity contribution in [1.82, 2.24) is 0 Å². The summed E-state index contributed by atoms with van der Waals surface area (Å²) in [6.45, 7) is 8.66. The second-order valence-electron chi connectivity index (χ2n) is 4.96. The molecular weight excluding hydrogens is 224 g/mol. The molecule has 0 fully saturated rings. The summed E-state index contributed by atoms with van der Waals surface area (Å²) in [5, 5.41) is 0. The maximum absolute atomic E-state index is 10.8. The first-order valence-corrected chi connectivity index (χ1v) is 6.30. The lowest BCUT2D eigenvalue weighted by Crippen LogP contribution is -2.37. The highest BCUT2D eigenvalue weighted by molar-refractivity contribution is 5.98. The van der Waals surface area contributed by atoms with E-state index in [0.717, 1.165) is 0 Å². The first-order chi connectivity index (χ1) is 7.37. The van der Waals surface area contributed by atoms with E-state index in [0.29, 0.717) is 28.6 Å². The third-order valence-electron chi connectivity index (χ3n) is 3.49. The average molecular weight is 244 g/mol. The Balaban J connectivity index is 2.80. The molecule has 1 unspecified atom stereocenters. The molecule has 1 heterocycles. The smallest absolute Gasteiger partial charge is 0.424 e. The highest BCUT2D eigenvalue weighted by Gasteiger charge is 2.33. The summed E-state index contributed by atoms with van der Waals surface area (Å²) in [6, 6.07) is 0. The molecule has 0 aliphatic rings. The fourth-order valence-electron chi connectivity index (χ4n) is 1.56. The van der Waals surface area contributed by atoms with Gasteiger partial charge in [-0.3, -0.25) is 0 Å². The van der Waals surface area contributed by atoms with E-state index in [-0.39, 0.29) is 11.5 Å². The molecule has 0 aromatic carbocycles. The summed E-state index contributed by atoms with van der Waals surface area (Å²) in [4.78, 5) is 10.8. The van der Waals surface area contributed by atoms with Gasteiger partial charge in [0, 0.05) is 6.42 Å². The fourth-order valence-corrected chi connectivity index (χ4v) is 2.34. The Morgan fingerprint density at radius 2 is 2.12 bits per heavy atom. The molecular formula is C11H20O4Si. The Hall–Kier alpha value is -0.813. The standard InChI is InChI=1S/C11H20O4Si/c1-7(2)11(3,4)9(15-16)5-8-6-13-10(12)14-8/h6-7,9H,5H2,1-4,16H3. The molecule has 1 aromatic rings. The molecule has 0 bridgehead atoms. The Bertz CT molecular complexity index is 377. The maximum Gasteiger partial charge on any atom is 0.518 e. The van der Waals surface area contributed by atoms with Crippen molar-refractivity contribution in [3.05, 3.63) is 22.6 Å². The van der Waals surface area contributed by atoms with Gasteiger partial charge in [-0.25, -0.2) is 4.79 Å². The highest BCUT2D eigenvalue weighted by atomic mass is 28.2. The monoisotopic (exact) mass is 244 g/mol. The van der Waals surface area contributed by atoms with Crippen molar-refractivity contribution in [2.75, 3.05) is 0 Å². The zero-order valence-corrected chi connectivity index (χ0v) is 12.6. The van der Waals surface area contributed by atoms with Gasteiger partial charge in [0.05, 0.1) is 6.10 Å². The van der Waals surface area contributed by atoms with Crippen LogP contribution in [-0.4, -0.2) is 16.6 Å². The van der Waals surface area contributed by atoms with Crippen molar-refractivity contribution in [3.63, 3.8) is 0 Å². The average Bonchev–Trinajstić information content (AvgIpc) is 2.60. The molecule has 0 saturated heterocycles. The van der Waals surface area contributed by atoms with Crippen LogP contribution in [0.4, 0.5) is 0 Å². The lowest BCUT2D eigenvalue weighted by Gasteiger charge is -2.37. The summed E-state index contributed by atoms with van der Waals surface area (Å²) in [5.74, 6) is 0.397. The second kappa shape index (κ2) is 5.01. The van der Waals surface area contributed by atoms with E-state index in [2.05, 4.69) is 32.1 Å². The van der Waals surface area contributed by atoms with E-state index >= 15 is 0 Å². The van der Waals surface area contributed by atoms with Crippen molar-refractivity contribution < 1.29 is 13.3 Å². The molecule has 16 heavy (non-hydrogen) atoms. The van der Waals surface area contributed by atoms with Crippen LogP contribution in [-0.2, 0) is 10.8 Å². The van der Waals surface area contributed by atoms with Gasteiger partial charge in [-0.05, 0) is 11.3 Å². The van der Waals surface area contributed by atoms with Crippen LogP contribution in [0.1, 0.15) is 33.5 Å². The van der Waals surface area contributed by atoms with Crippen LogP contribution >= 0.6 is 0 Å². The quantitative estimate of drug-likeness (QED) is 0.728. The first kappa shape index (κ1) is 13.3. The predicted molar refractivity (Wildman–Crippen MR) is 64.4 cm³/mol. The second-order valence-corrected chi connectivity index (χ2v) is 5.43. The van der Waals surface area contributed by atoms with E-state index in [1.807, 2.05) is 0 Å². The SMILES string of the molecule is CC(C)C(C)(C)C(Cc1coc(=O)o1)O[SiH3]. The molecule has 1 rings (SSSR count). The lowest BCUT2D eigenvalue weighted by molar-refractivity contribution is 0.0405. The molecule has 0 amide bonds. The van der Waals surface area contributed by atoms with Gasteiger partial charge >= 0.3 is 5.82 Å². The summed E-state index contributed by atoms with van der Waals surface area (Å²) in [7, 11) is 0.666. The third-order valence-corrected chi connectivity index (χ3v) is 4.06. The topological polar surface area (TPSA) is 52.6 Å². The predicted octanol–water partition coefficient (Wildman–Crippen LogP) is 1.12. The van der Waals surface area contributed by atoms with E-state index in [4.69, 9.17) is 8.84 Å². The zero-order chi connectivity index (χ0) is 12.3. The van der Waals surface area contributed by atoms with Crippen LogP contribution in [0, 0.1) is 11.3 Å². The van der Waals surface area contributed by atoms with Crippen LogP contribution in [0.15, 0.2) is 19.9 Å². The van der Waals surface area contributed by atoms with Gasteiger partial charge < -0.3 is 13.3 Å². The molecule has 1 atom stereocenters. The normalized spacial score (nSPS) is 14.6. The third kappa shape index (κ3) is 2.86. The van der Waals surface area contributed by atoms with E-state index in [1.165, 1.54) is 6.26 Å². The van der Waals surface area contributed by atoms with Gasteiger partial charge in [-0.2, -0.15) is 0 Å². The Kier molecular flexibility index (Phi) is 4.15. The minimum absolute atomic E-state index is 0.0393. The van der Waals surface area contributed by atoms with Crippen molar-refractivity contribution in [3.8, 4) is 0 Å². The summed E-state index contributed by atoms with van der Waals surface area (Å²) < 4.78 is 15.1. The minimum atomic E-state index is -0.649. The van der Waals surface area contributed by atoms with Gasteiger partial charge in [-0.15, -0.1) is 0 Å². The molecule has 0 aliphatic heterocycles. The Morgan fingerprint density at radius 3 is 2.50 bits per heavy atom. The first-order valence-electron chi connectivity index (χ1n) is 5.48. The van der Waals surface area contributed by atoms with Crippen LogP contribution < -0.4 is 5.82 Å². The summed E-state index contributed by atoms with van der Waals surface area (Å²) in [6.07, 6.45) is 2.01. The van der Waals surface area contributed by atoms with E-state index in [1.54, 1.807) is 0 Å². The molecule has 0 spiro atoms. The Labute approximate surface area is 98.5 Å².